The highest BCUT2D eigenvalue weighted by Crippen LogP contribution is 2.51. The maximum absolute atomic E-state index is 7.06. The predicted molar refractivity (Wildman–Crippen MR) is 209 cm³/mol. The van der Waals surface area contributed by atoms with Crippen molar-refractivity contribution in [2.24, 2.45) is 0 Å². The summed E-state index contributed by atoms with van der Waals surface area (Å²) in [4.78, 5) is 0. The summed E-state index contributed by atoms with van der Waals surface area (Å²) < 4.78 is 16.4. The van der Waals surface area contributed by atoms with E-state index in [0.717, 1.165) is 84.2 Å². The van der Waals surface area contributed by atoms with Gasteiger partial charge < -0.3 is 14.0 Å². The lowest BCUT2D eigenvalue weighted by Crippen LogP contribution is -2.00. The van der Waals surface area contributed by atoms with E-state index in [9.17, 15) is 0 Å². The lowest BCUT2D eigenvalue weighted by Gasteiger charge is -2.24. The number of benzene rings is 8. The Kier molecular flexibility index (Phi) is 6.81. The summed E-state index contributed by atoms with van der Waals surface area (Å²) in [6.45, 7) is 0. The second-order valence-corrected chi connectivity index (χ2v) is 12.8. The average molecular weight is 654 g/mol. The number of aromatic nitrogens is 1. The fraction of sp³-hybridized carbons (Fsp3) is 0. The molecule has 1 aliphatic heterocycles. The van der Waals surface area contributed by atoms with Crippen LogP contribution in [-0.2, 0) is 0 Å². The highest BCUT2D eigenvalue weighted by Gasteiger charge is 2.25. The van der Waals surface area contributed by atoms with Crippen molar-refractivity contribution in [1.82, 2.24) is 4.57 Å². The van der Waals surface area contributed by atoms with Crippen LogP contribution < -0.4 is 9.47 Å². The lowest BCUT2D eigenvalue weighted by atomic mass is 9.90. The number of ether oxygens (including phenoxy) is 2. The van der Waals surface area contributed by atoms with E-state index in [1.54, 1.807) is 0 Å². The summed E-state index contributed by atoms with van der Waals surface area (Å²) in [5.41, 5.74) is 11.7. The van der Waals surface area contributed by atoms with Crippen LogP contribution in [0.15, 0.2) is 188 Å². The molecule has 10 rings (SSSR count). The predicted octanol–water partition coefficient (Wildman–Crippen LogP) is 13.3. The Morgan fingerprint density at radius 3 is 1.67 bits per heavy atom. The van der Waals surface area contributed by atoms with E-state index < -0.39 is 0 Å². The Morgan fingerprint density at radius 2 is 0.882 bits per heavy atom. The molecule has 8 aromatic carbocycles. The van der Waals surface area contributed by atoms with Gasteiger partial charge in [0, 0.05) is 44.3 Å². The Balaban J connectivity index is 1.32. The number of nitrogens with zero attached hydrogens (tertiary/aromatic N) is 1. The minimum atomic E-state index is 0.758. The van der Waals surface area contributed by atoms with Gasteiger partial charge in [-0.05, 0) is 65.2 Å². The van der Waals surface area contributed by atoms with Crippen molar-refractivity contribution >= 4 is 21.8 Å². The smallest absolute Gasteiger partial charge is 0.136 e. The Hall–Kier alpha value is -6.84. The van der Waals surface area contributed by atoms with Gasteiger partial charge in [-0.3, -0.25) is 0 Å². The molecule has 2 heterocycles. The lowest BCUT2D eigenvalue weighted by molar-refractivity contribution is 0.472. The molecule has 0 amide bonds. The zero-order valence-corrected chi connectivity index (χ0v) is 27.7. The van der Waals surface area contributed by atoms with E-state index in [2.05, 4.69) is 156 Å². The van der Waals surface area contributed by atoms with E-state index in [1.807, 2.05) is 36.4 Å². The van der Waals surface area contributed by atoms with Gasteiger partial charge >= 0.3 is 0 Å². The number of hydrogen-bond donors (Lipinski definition) is 0. The van der Waals surface area contributed by atoms with Gasteiger partial charge in [0.05, 0.1) is 11.0 Å². The summed E-state index contributed by atoms with van der Waals surface area (Å²) >= 11 is 0. The standard InChI is InChI=1S/C48H31NO2/c1-3-15-32(16-4-1)33-29-30-45-41(31-33)47-38(22-14-28-46(47)51-44-27-12-9-21-37(44)36-20-8-11-26-43(36)50-45)40-24-13-23-39-35-19-7-10-25-42(35)49(48(39)40)34-17-5-2-6-18-34/h1-31H. The van der Waals surface area contributed by atoms with Crippen molar-refractivity contribution in [2.45, 2.75) is 0 Å². The van der Waals surface area contributed by atoms with E-state index >= 15 is 0 Å². The molecule has 0 saturated carbocycles. The molecule has 51 heavy (non-hydrogen) atoms. The van der Waals surface area contributed by atoms with Crippen LogP contribution in [0.2, 0.25) is 0 Å². The van der Waals surface area contributed by atoms with Crippen molar-refractivity contribution in [3.63, 3.8) is 0 Å². The van der Waals surface area contributed by atoms with Crippen LogP contribution in [0.4, 0.5) is 0 Å². The van der Waals surface area contributed by atoms with Crippen LogP contribution >= 0.6 is 0 Å². The highest BCUT2D eigenvalue weighted by molar-refractivity contribution is 6.15. The van der Waals surface area contributed by atoms with Crippen LogP contribution in [0.1, 0.15) is 0 Å². The summed E-state index contributed by atoms with van der Waals surface area (Å²) in [5, 5.41) is 2.40. The molecule has 0 fully saturated rings. The van der Waals surface area contributed by atoms with Crippen LogP contribution in [0, 0.1) is 0 Å². The van der Waals surface area contributed by atoms with Crippen molar-refractivity contribution in [2.75, 3.05) is 0 Å². The molecule has 0 aliphatic carbocycles. The second kappa shape index (κ2) is 11.9. The fourth-order valence-electron chi connectivity index (χ4n) is 7.62. The largest absolute Gasteiger partial charge is 0.456 e. The SMILES string of the molecule is c1ccc(-c2ccc3c(c2)-c2c(cccc2-c2cccc4c5ccccc5n(-c5ccccc5)c24)Oc2ccccc2-c2ccccc2O3)cc1. The Morgan fingerprint density at radius 1 is 0.333 bits per heavy atom. The van der Waals surface area contributed by atoms with Crippen LogP contribution in [0.25, 0.3) is 72.0 Å². The summed E-state index contributed by atoms with van der Waals surface area (Å²) in [5.74, 6) is 3.06. The molecule has 1 aliphatic rings. The fourth-order valence-corrected chi connectivity index (χ4v) is 7.62. The topological polar surface area (TPSA) is 23.4 Å². The molecule has 240 valence electrons. The van der Waals surface area contributed by atoms with Gasteiger partial charge in [-0.1, -0.05) is 140 Å². The molecule has 1 aromatic heterocycles. The first kappa shape index (κ1) is 29.1. The van der Waals surface area contributed by atoms with E-state index in [0.29, 0.717) is 0 Å². The van der Waals surface area contributed by atoms with Gasteiger partial charge in [0.15, 0.2) is 0 Å². The third-order valence-electron chi connectivity index (χ3n) is 9.89. The zero-order valence-electron chi connectivity index (χ0n) is 27.7. The third kappa shape index (κ3) is 4.82. The molecular weight excluding hydrogens is 623 g/mol. The monoisotopic (exact) mass is 653 g/mol. The minimum absolute atomic E-state index is 0.758. The molecule has 0 atom stereocenters. The second-order valence-electron chi connectivity index (χ2n) is 12.8. The molecule has 0 spiro atoms. The van der Waals surface area contributed by atoms with Crippen LogP contribution in [0.3, 0.4) is 0 Å². The normalized spacial score (nSPS) is 11.8. The maximum atomic E-state index is 7.06. The molecule has 0 unspecified atom stereocenters. The Bertz CT molecular complexity index is 2740. The molecule has 0 saturated heterocycles. The third-order valence-corrected chi connectivity index (χ3v) is 9.89. The van der Waals surface area contributed by atoms with Gasteiger partial charge in [0.25, 0.3) is 0 Å². The van der Waals surface area contributed by atoms with Crippen LogP contribution in [0.5, 0.6) is 23.0 Å². The average Bonchev–Trinajstić information content (AvgIpc) is 3.54. The molecule has 0 N–H and O–H groups in total. The zero-order chi connectivity index (χ0) is 33.7. The van der Waals surface area contributed by atoms with Gasteiger partial charge in [0.1, 0.15) is 23.0 Å². The van der Waals surface area contributed by atoms with E-state index in [1.165, 1.54) is 10.8 Å². The molecular formula is C48H31NO2. The Labute approximate surface area is 296 Å². The number of hydrogen-bond acceptors (Lipinski definition) is 2. The number of para-hydroxylation sites is 5. The van der Waals surface area contributed by atoms with E-state index in [4.69, 9.17) is 9.47 Å². The highest BCUT2D eigenvalue weighted by atomic mass is 16.5. The van der Waals surface area contributed by atoms with Crippen molar-refractivity contribution in [3.8, 4) is 73.2 Å². The maximum Gasteiger partial charge on any atom is 0.136 e. The molecule has 3 heteroatoms. The summed E-state index contributed by atoms with van der Waals surface area (Å²) in [7, 11) is 0. The molecule has 0 bridgehead atoms. The van der Waals surface area contributed by atoms with E-state index in [-0.39, 0.29) is 0 Å². The first-order valence-electron chi connectivity index (χ1n) is 17.3. The minimum Gasteiger partial charge on any atom is -0.456 e. The molecule has 3 nitrogen and oxygen atoms in total. The van der Waals surface area contributed by atoms with Gasteiger partial charge in [-0.2, -0.15) is 0 Å². The van der Waals surface area contributed by atoms with Crippen LogP contribution in [-0.4, -0.2) is 4.57 Å². The summed E-state index contributed by atoms with van der Waals surface area (Å²) in [6, 6.07) is 65.8. The summed E-state index contributed by atoms with van der Waals surface area (Å²) in [6.07, 6.45) is 0. The number of fused-ring (bicyclic) bond motifs is 9. The van der Waals surface area contributed by atoms with Crippen molar-refractivity contribution in [3.05, 3.63) is 188 Å². The van der Waals surface area contributed by atoms with Crippen molar-refractivity contribution < 1.29 is 9.47 Å². The van der Waals surface area contributed by atoms with Gasteiger partial charge in [-0.25, -0.2) is 0 Å². The quantitative estimate of drug-likeness (QED) is 0.189. The first-order valence-corrected chi connectivity index (χ1v) is 17.3. The number of rotatable bonds is 3. The van der Waals surface area contributed by atoms with Crippen molar-refractivity contribution in [1.29, 1.82) is 0 Å². The molecule has 9 aromatic rings. The molecule has 0 radical (unpaired) electrons. The van der Waals surface area contributed by atoms with Gasteiger partial charge in [0.2, 0.25) is 0 Å². The first-order chi connectivity index (χ1) is 25.3. The van der Waals surface area contributed by atoms with Gasteiger partial charge in [-0.15, -0.1) is 0 Å².